The van der Waals surface area contributed by atoms with Gasteiger partial charge in [-0.15, -0.1) is 0 Å². The molecule has 20 heteroatoms. The molecule has 0 aliphatic carbocycles. The molecule has 434 valence electrons. The van der Waals surface area contributed by atoms with Gasteiger partial charge >= 0.3 is 0 Å². The van der Waals surface area contributed by atoms with Crippen molar-refractivity contribution in [2.75, 3.05) is 33.9 Å². The number of carbonyl (C=O) groups excluding carboxylic acids is 7. The van der Waals surface area contributed by atoms with Crippen LogP contribution in [0.1, 0.15) is 100 Å². The number of aldehydes is 1. The average molecular weight is 1090 g/mol. The third kappa shape index (κ3) is 31.8. The molecule has 6 atom stereocenters. The molecule has 4 aromatic rings. The summed E-state index contributed by atoms with van der Waals surface area (Å²) in [6, 6.07) is 24.8. The van der Waals surface area contributed by atoms with Gasteiger partial charge in [-0.3, -0.25) is 28.8 Å². The van der Waals surface area contributed by atoms with Gasteiger partial charge in [0, 0.05) is 39.1 Å². The summed E-state index contributed by atoms with van der Waals surface area (Å²) in [5.41, 5.74) is 24.2. The summed E-state index contributed by atoms with van der Waals surface area (Å²) in [5, 5.41) is 36.5. The Morgan fingerprint density at radius 3 is 1.87 bits per heavy atom. The Morgan fingerprint density at radius 2 is 1.36 bits per heavy atom. The van der Waals surface area contributed by atoms with E-state index in [1.807, 2.05) is 31.2 Å². The molecule has 0 heterocycles. The Morgan fingerprint density at radius 1 is 0.744 bits per heavy atom. The number of unbranched alkanes of at least 4 members (excludes halogenated alkanes) is 1. The molecular formula is C58H89FN8O11. The SMILES string of the molecule is CC(CC=O)NC(=O)CNC(=O)C(NC(=O)C(C)N)C(C)O.CCc1cc(OCCCCN)ccc1-c1ccc(C[C@H](NC=O)C(=O)NC(C)CCCc2cc(C)cc(C)c2)cc1.CO.CO.Cc1ccccc1F.NC=O. The lowest BCUT2D eigenvalue weighted by atomic mass is 9.95. The van der Waals surface area contributed by atoms with E-state index in [0.29, 0.717) is 37.8 Å². The zero-order valence-electron chi connectivity index (χ0n) is 47.3. The van der Waals surface area contributed by atoms with Gasteiger partial charge in [0.1, 0.15) is 29.9 Å². The van der Waals surface area contributed by atoms with Crippen LogP contribution in [-0.4, -0.2) is 128 Å². The molecule has 78 heavy (non-hydrogen) atoms. The lowest BCUT2D eigenvalue weighted by Crippen LogP contribution is -2.56. The molecule has 0 saturated carbocycles. The van der Waals surface area contributed by atoms with Crippen LogP contribution in [0.4, 0.5) is 4.39 Å². The highest BCUT2D eigenvalue weighted by Crippen LogP contribution is 2.29. The van der Waals surface area contributed by atoms with E-state index in [0.717, 1.165) is 69.6 Å². The number of aliphatic hydroxyl groups excluding tert-OH is 3. The van der Waals surface area contributed by atoms with E-state index in [-0.39, 0.29) is 43.2 Å². The van der Waals surface area contributed by atoms with Crippen molar-refractivity contribution in [1.29, 1.82) is 0 Å². The summed E-state index contributed by atoms with van der Waals surface area (Å²) >= 11 is 0. The summed E-state index contributed by atoms with van der Waals surface area (Å²) < 4.78 is 18.2. The molecular weight excluding hydrogens is 1000 g/mol. The first-order valence-electron chi connectivity index (χ1n) is 25.9. The number of halogens is 1. The monoisotopic (exact) mass is 1090 g/mol. The van der Waals surface area contributed by atoms with Crippen molar-refractivity contribution in [3.05, 3.63) is 124 Å². The number of carbonyl (C=O) groups is 7. The van der Waals surface area contributed by atoms with Crippen molar-refractivity contribution in [3.8, 4) is 16.9 Å². The van der Waals surface area contributed by atoms with E-state index in [9.17, 15) is 38.3 Å². The molecule has 4 aromatic carbocycles. The molecule has 4 rings (SSSR count). The van der Waals surface area contributed by atoms with Crippen LogP contribution in [0.2, 0.25) is 0 Å². The number of ether oxygens (including phenoxy) is 1. The number of nitrogens with one attached hydrogen (secondary N) is 5. The van der Waals surface area contributed by atoms with Gasteiger partial charge in [-0.25, -0.2) is 4.39 Å². The molecule has 5 unspecified atom stereocenters. The minimum atomic E-state index is -1.21. The van der Waals surface area contributed by atoms with Crippen LogP contribution in [0.25, 0.3) is 11.1 Å². The topological polar surface area (TPSA) is 328 Å². The number of aryl methyl sites for hydroxylation is 5. The van der Waals surface area contributed by atoms with Crippen molar-refractivity contribution >= 4 is 42.7 Å². The van der Waals surface area contributed by atoms with Crippen molar-refractivity contribution in [2.45, 2.75) is 143 Å². The van der Waals surface area contributed by atoms with Gasteiger partial charge < -0.3 is 68.6 Å². The molecule has 0 aliphatic rings. The van der Waals surface area contributed by atoms with Gasteiger partial charge in [0.05, 0.1) is 25.3 Å². The van der Waals surface area contributed by atoms with Gasteiger partial charge in [-0.2, -0.15) is 0 Å². The van der Waals surface area contributed by atoms with Crippen molar-refractivity contribution < 1.29 is 58.0 Å². The van der Waals surface area contributed by atoms with E-state index in [1.54, 1.807) is 26.0 Å². The first-order chi connectivity index (χ1) is 37.2. The largest absolute Gasteiger partial charge is 0.494 e. The van der Waals surface area contributed by atoms with Crippen LogP contribution >= 0.6 is 0 Å². The zero-order chi connectivity index (χ0) is 59.6. The summed E-state index contributed by atoms with van der Waals surface area (Å²) in [6.45, 7) is 15.6. The van der Waals surface area contributed by atoms with E-state index in [4.69, 9.17) is 31.2 Å². The van der Waals surface area contributed by atoms with Crippen molar-refractivity contribution in [3.63, 3.8) is 0 Å². The van der Waals surface area contributed by atoms with Crippen LogP contribution in [0.15, 0.2) is 84.9 Å². The van der Waals surface area contributed by atoms with Gasteiger partial charge in [0.25, 0.3) is 0 Å². The third-order valence-electron chi connectivity index (χ3n) is 11.2. The van der Waals surface area contributed by atoms with Crippen molar-refractivity contribution in [2.24, 2.45) is 17.2 Å². The van der Waals surface area contributed by atoms with Crippen LogP contribution < -0.4 is 48.5 Å². The van der Waals surface area contributed by atoms with Crippen LogP contribution in [0.5, 0.6) is 5.75 Å². The molecule has 0 saturated heterocycles. The number of amides is 6. The predicted octanol–water partition coefficient (Wildman–Crippen LogP) is 3.70. The Hall–Kier alpha value is -7.10. The maximum Gasteiger partial charge on any atom is 0.245 e. The minimum absolute atomic E-state index is 0.0202. The highest BCUT2D eigenvalue weighted by atomic mass is 19.1. The standard InChI is InChI=1S/C35H47N3O3.C13H24N4O5.C7H7F.CH3NO.2CH4O/c1-5-30-23-32(41-18-7-6-17-36)15-16-33(30)31-13-11-28(12-14-31)22-34(37-24-39)35(40)38-27(4)9-8-10-29-20-25(2)19-26(3)21-29;1-7(4-5-18)16-10(20)6-15-13(22)11(9(3)19)17-12(21)8(2)14;1-6-4-2-3-5-7(6)8;2-1-3;2*1-2/h11-16,19-21,23-24,27,34H,5-10,17-18,22,36H2,1-4H3,(H,37,39)(H,38,40);5,7-9,11,19H,4,6,14H2,1-3H3,(H,15,22)(H,16,20)(H,17,21);2-5H,1H3;1H,(H2,2,3);2*2H,1H3/t27?,34-;;;;;/m0...../s1. The maximum atomic E-state index is 13.0. The third-order valence-corrected chi connectivity index (χ3v) is 11.2. The van der Waals surface area contributed by atoms with Gasteiger partial charge in [0.2, 0.25) is 36.4 Å². The second kappa shape index (κ2) is 43.9. The number of primary amides is 1. The van der Waals surface area contributed by atoms with E-state index in [1.165, 1.54) is 47.7 Å². The Kier molecular flexibility index (Phi) is 41.1. The summed E-state index contributed by atoms with van der Waals surface area (Å²) in [6.07, 6.45) is 6.62. The van der Waals surface area contributed by atoms with E-state index >= 15 is 0 Å². The number of aliphatic hydroxyl groups is 3. The second-order valence-corrected chi connectivity index (χ2v) is 18.0. The number of hydrogen-bond acceptors (Lipinski definition) is 13. The second-order valence-electron chi connectivity index (χ2n) is 18.0. The van der Waals surface area contributed by atoms with Gasteiger partial charge in [-0.1, -0.05) is 84.8 Å². The Labute approximate surface area is 461 Å². The van der Waals surface area contributed by atoms with E-state index < -0.39 is 42.0 Å². The fourth-order valence-corrected chi connectivity index (χ4v) is 7.32. The van der Waals surface area contributed by atoms with Gasteiger partial charge in [-0.05, 0) is 145 Å². The maximum absolute atomic E-state index is 13.0. The van der Waals surface area contributed by atoms with E-state index in [2.05, 4.69) is 95.6 Å². The summed E-state index contributed by atoms with van der Waals surface area (Å²) in [7, 11) is 2.00. The molecule has 6 amide bonds. The first kappa shape index (κ1) is 73.0. The normalized spacial score (nSPS) is 12.3. The number of hydrogen-bond donors (Lipinski definition) is 11. The highest BCUT2D eigenvalue weighted by Gasteiger charge is 2.27. The Bertz CT molecular complexity index is 2300. The summed E-state index contributed by atoms with van der Waals surface area (Å²) in [5.74, 6) is -1.19. The smallest absolute Gasteiger partial charge is 0.245 e. The zero-order valence-corrected chi connectivity index (χ0v) is 47.3. The Balaban J connectivity index is 0. The van der Waals surface area contributed by atoms with Crippen LogP contribution in [-0.2, 0) is 52.8 Å². The quantitative estimate of drug-likeness (QED) is 0.0316. The molecule has 0 aliphatic heterocycles. The average Bonchev–Trinajstić information content (AvgIpc) is 3.41. The van der Waals surface area contributed by atoms with Gasteiger partial charge in [0.15, 0.2) is 0 Å². The fraction of sp³-hybridized carbons (Fsp3) is 0.466. The molecule has 0 bridgehead atoms. The lowest BCUT2D eigenvalue weighted by molar-refractivity contribution is -0.133. The number of rotatable bonds is 26. The molecule has 0 spiro atoms. The molecule has 0 fully saturated rings. The van der Waals surface area contributed by atoms with Crippen molar-refractivity contribution in [1.82, 2.24) is 26.6 Å². The lowest BCUT2D eigenvalue weighted by Gasteiger charge is -2.22. The van der Waals surface area contributed by atoms with Crippen LogP contribution in [0, 0.1) is 26.6 Å². The first-order valence-corrected chi connectivity index (χ1v) is 25.9. The predicted molar refractivity (Wildman–Crippen MR) is 304 cm³/mol. The number of benzene rings is 4. The molecule has 19 nitrogen and oxygen atoms in total. The molecule has 14 N–H and O–H groups in total. The molecule has 0 radical (unpaired) electrons. The van der Waals surface area contributed by atoms with Crippen LogP contribution in [0.3, 0.4) is 0 Å². The summed E-state index contributed by atoms with van der Waals surface area (Å²) in [4.78, 5) is 78.1. The minimum Gasteiger partial charge on any atom is -0.494 e. The highest BCUT2D eigenvalue weighted by molar-refractivity contribution is 5.92. The fourth-order valence-electron chi connectivity index (χ4n) is 7.32. The molecule has 0 aromatic heterocycles. The number of nitrogens with two attached hydrogens (primary N) is 3.